The minimum Gasteiger partial charge on any atom is -0.481 e. The molecule has 2 N–H and O–H groups in total. The smallest absolute Gasteiger partial charge is 0.303 e. The van der Waals surface area contributed by atoms with Crippen molar-refractivity contribution >= 4 is 5.97 Å². The molecule has 0 heterocycles. The number of hydrogen-bond donors (Lipinski definition) is 2. The topological polar surface area (TPSA) is 57.5 Å². The summed E-state index contributed by atoms with van der Waals surface area (Å²) in [5.41, 5.74) is 0. The Labute approximate surface area is 130 Å². The van der Waals surface area contributed by atoms with E-state index >= 15 is 0 Å². The maximum Gasteiger partial charge on any atom is 0.303 e. The predicted octanol–water partition coefficient (Wildman–Crippen LogP) is 5.08. The van der Waals surface area contributed by atoms with Gasteiger partial charge in [-0.3, -0.25) is 4.79 Å². The van der Waals surface area contributed by atoms with Crippen LogP contribution < -0.4 is 0 Å². The maximum absolute atomic E-state index is 10.3. The van der Waals surface area contributed by atoms with E-state index in [0.29, 0.717) is 0 Å². The van der Waals surface area contributed by atoms with Gasteiger partial charge in [-0.25, -0.2) is 0 Å². The quantitative estimate of drug-likeness (QED) is 0.327. The Morgan fingerprint density at radius 3 is 2.33 bits per heavy atom. The average molecular weight is 298 g/mol. The van der Waals surface area contributed by atoms with Crippen LogP contribution in [-0.4, -0.2) is 22.3 Å². The van der Waals surface area contributed by atoms with E-state index < -0.39 is 5.97 Å². The molecule has 0 amide bonds. The summed E-state index contributed by atoms with van der Waals surface area (Å²) in [6.45, 7) is 2.22. The van der Waals surface area contributed by atoms with Gasteiger partial charge in [-0.1, -0.05) is 64.0 Å². The maximum atomic E-state index is 10.3. The highest BCUT2D eigenvalue weighted by molar-refractivity contribution is 5.66. The van der Waals surface area contributed by atoms with Crippen LogP contribution in [0.3, 0.4) is 0 Å². The van der Waals surface area contributed by atoms with Crippen LogP contribution in [0, 0.1) is 0 Å². The molecule has 124 valence electrons. The second-order valence-electron chi connectivity index (χ2n) is 5.91. The van der Waals surface area contributed by atoms with Crippen LogP contribution in [0.15, 0.2) is 12.2 Å². The molecule has 0 aliphatic carbocycles. The molecule has 0 aromatic heterocycles. The van der Waals surface area contributed by atoms with E-state index in [1.165, 1.54) is 25.7 Å². The lowest BCUT2D eigenvalue weighted by molar-refractivity contribution is -0.137. The Morgan fingerprint density at radius 1 is 0.952 bits per heavy atom. The Hall–Kier alpha value is -0.830. The molecule has 0 bridgehead atoms. The first kappa shape index (κ1) is 20.2. The highest BCUT2D eigenvalue weighted by atomic mass is 16.4. The zero-order valence-corrected chi connectivity index (χ0v) is 13.7. The van der Waals surface area contributed by atoms with Crippen molar-refractivity contribution < 1.29 is 15.0 Å². The Morgan fingerprint density at radius 2 is 1.62 bits per heavy atom. The SMILES string of the molecule is CCCCCC/C=C\CC(O)CCCCCCCC(=O)O. The van der Waals surface area contributed by atoms with Crippen LogP contribution in [0.2, 0.25) is 0 Å². The number of hydrogen-bond acceptors (Lipinski definition) is 2. The third kappa shape index (κ3) is 17.1. The minimum atomic E-state index is -0.702. The fourth-order valence-corrected chi connectivity index (χ4v) is 2.36. The molecule has 0 spiro atoms. The van der Waals surface area contributed by atoms with Gasteiger partial charge in [0.1, 0.15) is 0 Å². The average Bonchev–Trinajstić information content (AvgIpc) is 2.45. The third-order valence-corrected chi connectivity index (χ3v) is 3.73. The number of rotatable bonds is 15. The number of carboxylic acid groups (broad SMARTS) is 1. The van der Waals surface area contributed by atoms with Crippen molar-refractivity contribution in [1.82, 2.24) is 0 Å². The number of aliphatic hydroxyl groups is 1. The molecule has 0 radical (unpaired) electrons. The highest BCUT2D eigenvalue weighted by Gasteiger charge is 2.01. The summed E-state index contributed by atoms with van der Waals surface area (Å²) >= 11 is 0. The monoisotopic (exact) mass is 298 g/mol. The van der Waals surface area contributed by atoms with Gasteiger partial charge in [0.25, 0.3) is 0 Å². The van der Waals surface area contributed by atoms with Gasteiger partial charge >= 0.3 is 5.97 Å². The minimum absolute atomic E-state index is 0.212. The molecule has 0 saturated carbocycles. The van der Waals surface area contributed by atoms with Crippen molar-refractivity contribution in [2.24, 2.45) is 0 Å². The van der Waals surface area contributed by atoms with Crippen LogP contribution in [0.1, 0.15) is 90.4 Å². The van der Waals surface area contributed by atoms with E-state index in [1.54, 1.807) is 0 Å². The lowest BCUT2D eigenvalue weighted by Gasteiger charge is -2.07. The fraction of sp³-hybridized carbons (Fsp3) is 0.833. The van der Waals surface area contributed by atoms with Gasteiger partial charge < -0.3 is 10.2 Å². The Bertz CT molecular complexity index is 261. The second kappa shape index (κ2) is 15.6. The molecular formula is C18H34O3. The van der Waals surface area contributed by atoms with Gasteiger partial charge in [0.2, 0.25) is 0 Å². The zero-order chi connectivity index (χ0) is 15.8. The summed E-state index contributed by atoms with van der Waals surface area (Å²) in [6, 6.07) is 0. The number of carboxylic acids is 1. The van der Waals surface area contributed by atoms with Crippen molar-refractivity contribution in [3.8, 4) is 0 Å². The first-order chi connectivity index (χ1) is 10.2. The normalized spacial score (nSPS) is 12.9. The first-order valence-corrected chi connectivity index (χ1v) is 8.71. The summed E-state index contributed by atoms with van der Waals surface area (Å²) in [7, 11) is 0. The molecule has 0 saturated heterocycles. The number of aliphatic carboxylic acids is 1. The molecule has 1 atom stereocenters. The van der Waals surface area contributed by atoms with Crippen molar-refractivity contribution in [2.75, 3.05) is 0 Å². The van der Waals surface area contributed by atoms with E-state index in [0.717, 1.165) is 51.4 Å². The van der Waals surface area contributed by atoms with Gasteiger partial charge in [-0.2, -0.15) is 0 Å². The van der Waals surface area contributed by atoms with E-state index in [1.807, 2.05) is 0 Å². The third-order valence-electron chi connectivity index (χ3n) is 3.73. The molecule has 0 aromatic rings. The van der Waals surface area contributed by atoms with Crippen molar-refractivity contribution in [2.45, 2.75) is 96.5 Å². The largest absolute Gasteiger partial charge is 0.481 e. The summed E-state index contributed by atoms with van der Waals surface area (Å²) in [6.07, 6.45) is 17.3. The Kier molecular flexibility index (Phi) is 14.9. The van der Waals surface area contributed by atoms with Gasteiger partial charge in [-0.05, 0) is 32.1 Å². The summed E-state index contributed by atoms with van der Waals surface area (Å²) in [5.74, 6) is -0.702. The molecule has 0 aromatic carbocycles. The molecule has 21 heavy (non-hydrogen) atoms. The second-order valence-corrected chi connectivity index (χ2v) is 5.91. The van der Waals surface area contributed by atoms with Crippen LogP contribution in [-0.2, 0) is 4.79 Å². The van der Waals surface area contributed by atoms with Crippen LogP contribution in [0.25, 0.3) is 0 Å². The number of unbranched alkanes of at least 4 members (excludes halogenated alkanes) is 8. The summed E-state index contributed by atoms with van der Waals surface area (Å²) in [4.78, 5) is 10.3. The van der Waals surface area contributed by atoms with Crippen LogP contribution in [0.4, 0.5) is 0 Å². The van der Waals surface area contributed by atoms with Gasteiger partial charge in [0.05, 0.1) is 6.10 Å². The van der Waals surface area contributed by atoms with Gasteiger partial charge in [-0.15, -0.1) is 0 Å². The molecular weight excluding hydrogens is 264 g/mol. The summed E-state index contributed by atoms with van der Waals surface area (Å²) < 4.78 is 0. The number of aliphatic hydroxyl groups excluding tert-OH is 1. The van der Waals surface area contributed by atoms with Gasteiger partial charge in [0, 0.05) is 6.42 Å². The molecule has 3 heteroatoms. The molecule has 0 aliphatic rings. The standard InChI is InChI=1S/C18H34O3/c1-2-3-4-5-6-8-11-14-17(19)15-12-9-7-10-13-16-18(20)21/h8,11,17,19H,2-7,9-10,12-16H2,1H3,(H,20,21)/b11-8-. The predicted molar refractivity (Wildman–Crippen MR) is 88.5 cm³/mol. The first-order valence-electron chi connectivity index (χ1n) is 8.71. The number of allylic oxidation sites excluding steroid dienone is 1. The number of carbonyl (C=O) groups is 1. The summed E-state index contributed by atoms with van der Waals surface area (Å²) in [5, 5.41) is 18.3. The molecule has 0 rings (SSSR count). The molecule has 1 unspecified atom stereocenters. The Balaban J connectivity index is 3.28. The van der Waals surface area contributed by atoms with Crippen LogP contribution >= 0.6 is 0 Å². The van der Waals surface area contributed by atoms with Gasteiger partial charge in [0.15, 0.2) is 0 Å². The lowest BCUT2D eigenvalue weighted by Crippen LogP contribution is -2.04. The molecule has 0 fully saturated rings. The zero-order valence-electron chi connectivity index (χ0n) is 13.7. The van der Waals surface area contributed by atoms with Crippen molar-refractivity contribution in [1.29, 1.82) is 0 Å². The van der Waals surface area contributed by atoms with E-state index in [2.05, 4.69) is 19.1 Å². The molecule has 0 aliphatic heterocycles. The van der Waals surface area contributed by atoms with E-state index in [4.69, 9.17) is 5.11 Å². The van der Waals surface area contributed by atoms with Crippen molar-refractivity contribution in [3.05, 3.63) is 12.2 Å². The van der Waals surface area contributed by atoms with E-state index in [-0.39, 0.29) is 12.5 Å². The van der Waals surface area contributed by atoms with E-state index in [9.17, 15) is 9.90 Å². The fourth-order valence-electron chi connectivity index (χ4n) is 2.36. The lowest BCUT2D eigenvalue weighted by atomic mass is 10.0. The molecule has 3 nitrogen and oxygen atoms in total. The van der Waals surface area contributed by atoms with Crippen molar-refractivity contribution in [3.63, 3.8) is 0 Å². The van der Waals surface area contributed by atoms with Crippen LogP contribution in [0.5, 0.6) is 0 Å². The highest BCUT2D eigenvalue weighted by Crippen LogP contribution is 2.11.